The highest BCUT2D eigenvalue weighted by atomic mass is 16.5. The lowest BCUT2D eigenvalue weighted by Crippen LogP contribution is -2.20. The number of nitrogens with one attached hydrogen (secondary N) is 1. The molecule has 1 N–H and O–H groups in total. The second-order valence-corrected chi connectivity index (χ2v) is 6.33. The quantitative estimate of drug-likeness (QED) is 0.574. The van der Waals surface area contributed by atoms with Crippen LogP contribution in [0.1, 0.15) is 17.2 Å². The summed E-state index contributed by atoms with van der Waals surface area (Å²) in [4.78, 5) is 12.2. The molecule has 9 heteroatoms. The van der Waals surface area contributed by atoms with Gasteiger partial charge in [0.05, 0.1) is 20.4 Å². The van der Waals surface area contributed by atoms with Crippen molar-refractivity contribution in [2.24, 2.45) is 5.10 Å². The molecule has 3 aromatic rings. The van der Waals surface area contributed by atoms with Crippen LogP contribution in [0.15, 0.2) is 47.6 Å². The van der Waals surface area contributed by atoms with Gasteiger partial charge in [-0.25, -0.2) is 4.68 Å². The largest absolute Gasteiger partial charge is 0.497 e. The van der Waals surface area contributed by atoms with E-state index in [4.69, 9.17) is 14.2 Å². The molecule has 0 aliphatic carbocycles. The van der Waals surface area contributed by atoms with Crippen LogP contribution in [0.2, 0.25) is 0 Å². The smallest absolute Gasteiger partial charge is 0.262 e. The molecular weight excluding hydrogens is 386 g/mol. The third-order valence-electron chi connectivity index (χ3n) is 4.19. The third-order valence-corrected chi connectivity index (χ3v) is 4.19. The molecular formula is C21H23N5O4. The number of hydrogen-bond acceptors (Lipinski definition) is 7. The van der Waals surface area contributed by atoms with Crippen LogP contribution in [-0.4, -0.2) is 47.8 Å². The van der Waals surface area contributed by atoms with Crippen LogP contribution in [-0.2, 0) is 4.79 Å². The van der Waals surface area contributed by atoms with E-state index in [2.05, 4.69) is 20.6 Å². The Kier molecular flexibility index (Phi) is 6.63. The monoisotopic (exact) mass is 409 g/mol. The summed E-state index contributed by atoms with van der Waals surface area (Å²) in [5, 5.41) is 15.1. The average Bonchev–Trinajstić information content (AvgIpc) is 3.08. The Morgan fingerprint density at radius 2 is 1.73 bits per heavy atom. The van der Waals surface area contributed by atoms with E-state index in [9.17, 15) is 4.79 Å². The lowest BCUT2D eigenvalue weighted by Gasteiger charge is -2.11. The van der Waals surface area contributed by atoms with Gasteiger partial charge >= 0.3 is 0 Å². The summed E-state index contributed by atoms with van der Waals surface area (Å²) in [5.41, 5.74) is 1.46. The molecule has 1 aromatic heterocycles. The highest BCUT2D eigenvalue weighted by Crippen LogP contribution is 2.27. The zero-order chi connectivity index (χ0) is 21.5. The van der Waals surface area contributed by atoms with Gasteiger partial charge in [-0.3, -0.25) is 4.79 Å². The fourth-order valence-corrected chi connectivity index (χ4v) is 2.65. The van der Waals surface area contributed by atoms with Crippen LogP contribution in [0.25, 0.3) is 0 Å². The van der Waals surface area contributed by atoms with Gasteiger partial charge in [0, 0.05) is 5.69 Å². The summed E-state index contributed by atoms with van der Waals surface area (Å²) < 4.78 is 17.7. The molecule has 1 amide bonds. The van der Waals surface area contributed by atoms with E-state index in [-0.39, 0.29) is 12.5 Å². The first-order valence-electron chi connectivity index (χ1n) is 9.18. The van der Waals surface area contributed by atoms with E-state index < -0.39 is 0 Å². The third kappa shape index (κ3) is 5.13. The van der Waals surface area contributed by atoms with Crippen LogP contribution >= 0.6 is 0 Å². The number of aromatic nitrogens is 3. The van der Waals surface area contributed by atoms with Gasteiger partial charge in [0.15, 0.2) is 29.8 Å². The molecule has 1 heterocycles. The van der Waals surface area contributed by atoms with Crippen molar-refractivity contribution in [3.8, 4) is 17.2 Å². The van der Waals surface area contributed by atoms with Crippen molar-refractivity contribution < 1.29 is 19.0 Å². The lowest BCUT2D eigenvalue weighted by molar-refractivity contribution is -0.118. The minimum absolute atomic E-state index is 0.158. The first kappa shape index (κ1) is 20.8. The van der Waals surface area contributed by atoms with E-state index >= 15 is 0 Å². The number of anilines is 1. The van der Waals surface area contributed by atoms with E-state index in [0.29, 0.717) is 34.6 Å². The van der Waals surface area contributed by atoms with Crippen molar-refractivity contribution in [1.82, 2.24) is 14.9 Å². The average molecular weight is 409 g/mol. The molecule has 0 fully saturated rings. The van der Waals surface area contributed by atoms with Crippen molar-refractivity contribution >= 4 is 17.8 Å². The summed E-state index contributed by atoms with van der Waals surface area (Å²) in [6, 6.07) is 12.4. The van der Waals surface area contributed by atoms with Gasteiger partial charge in [0.2, 0.25) is 0 Å². The summed E-state index contributed by atoms with van der Waals surface area (Å²) >= 11 is 0. The number of ether oxygens (including phenoxy) is 3. The van der Waals surface area contributed by atoms with Crippen LogP contribution in [0.3, 0.4) is 0 Å². The predicted octanol–water partition coefficient (Wildman–Crippen LogP) is 2.81. The Hall–Kier alpha value is -3.88. The van der Waals surface area contributed by atoms with Crippen LogP contribution in [0, 0.1) is 13.8 Å². The maximum absolute atomic E-state index is 12.2. The maximum atomic E-state index is 12.2. The molecule has 0 spiro atoms. The normalized spacial score (nSPS) is 10.8. The van der Waals surface area contributed by atoms with E-state index in [1.807, 2.05) is 19.9 Å². The summed E-state index contributed by atoms with van der Waals surface area (Å²) in [5.74, 6) is 2.76. The van der Waals surface area contributed by atoms with Gasteiger partial charge < -0.3 is 19.5 Å². The van der Waals surface area contributed by atoms with E-state index in [0.717, 1.165) is 5.56 Å². The number of carbonyl (C=O) groups is 1. The molecule has 0 radical (unpaired) electrons. The summed E-state index contributed by atoms with van der Waals surface area (Å²) in [7, 11) is 3.12. The fourth-order valence-electron chi connectivity index (χ4n) is 2.65. The molecule has 9 nitrogen and oxygen atoms in total. The number of amides is 1. The Morgan fingerprint density at radius 1 is 1.03 bits per heavy atom. The standard InChI is InChI=1S/C21H23N5O4/c1-14-24-25-15(2)26(14)22-12-16-5-10-19(20(11-16)29-4)30-13-21(27)23-17-6-8-18(28-3)9-7-17/h5-12H,13H2,1-4H3,(H,23,27)/b22-12-. The molecule has 0 saturated heterocycles. The summed E-state index contributed by atoms with van der Waals surface area (Å²) in [6.45, 7) is 3.49. The van der Waals surface area contributed by atoms with Gasteiger partial charge in [-0.15, -0.1) is 10.2 Å². The van der Waals surface area contributed by atoms with E-state index in [1.54, 1.807) is 54.4 Å². The molecule has 0 aliphatic rings. The van der Waals surface area contributed by atoms with Crippen molar-refractivity contribution in [3.63, 3.8) is 0 Å². The Bertz CT molecular complexity index is 1020. The Morgan fingerprint density at radius 3 is 2.37 bits per heavy atom. The SMILES string of the molecule is COc1ccc(NC(=O)COc2ccc(/C=N\n3c(C)nnc3C)cc2OC)cc1. The van der Waals surface area contributed by atoms with Crippen LogP contribution in [0.4, 0.5) is 5.69 Å². The van der Waals surface area contributed by atoms with Crippen molar-refractivity contribution in [3.05, 3.63) is 59.7 Å². The molecule has 3 rings (SSSR count). The zero-order valence-electron chi connectivity index (χ0n) is 17.2. The first-order valence-corrected chi connectivity index (χ1v) is 9.18. The van der Waals surface area contributed by atoms with Gasteiger partial charge in [-0.1, -0.05) is 0 Å². The number of rotatable bonds is 8. The first-order chi connectivity index (χ1) is 14.5. The molecule has 0 saturated carbocycles. The number of methoxy groups -OCH3 is 2. The van der Waals surface area contributed by atoms with Crippen molar-refractivity contribution in [2.45, 2.75) is 13.8 Å². The fraction of sp³-hybridized carbons (Fsp3) is 0.238. The number of nitrogens with zero attached hydrogens (tertiary/aromatic N) is 4. The molecule has 0 aliphatic heterocycles. The molecule has 2 aromatic carbocycles. The Balaban J connectivity index is 1.62. The summed E-state index contributed by atoms with van der Waals surface area (Å²) in [6.07, 6.45) is 1.67. The molecule has 0 unspecified atom stereocenters. The van der Waals surface area contributed by atoms with Crippen LogP contribution in [0.5, 0.6) is 17.2 Å². The van der Waals surface area contributed by atoms with Gasteiger partial charge in [0.1, 0.15) is 5.75 Å². The minimum Gasteiger partial charge on any atom is -0.497 e. The molecule has 156 valence electrons. The molecule has 0 atom stereocenters. The predicted molar refractivity (Wildman–Crippen MR) is 113 cm³/mol. The highest BCUT2D eigenvalue weighted by molar-refractivity contribution is 5.92. The Labute approximate surface area is 174 Å². The van der Waals surface area contributed by atoms with Gasteiger partial charge in [-0.05, 0) is 61.9 Å². The van der Waals surface area contributed by atoms with Gasteiger partial charge in [0.25, 0.3) is 5.91 Å². The second-order valence-electron chi connectivity index (χ2n) is 6.33. The van der Waals surface area contributed by atoms with Crippen molar-refractivity contribution in [1.29, 1.82) is 0 Å². The number of hydrogen-bond donors (Lipinski definition) is 1. The lowest BCUT2D eigenvalue weighted by atomic mass is 10.2. The molecule has 0 bridgehead atoms. The van der Waals surface area contributed by atoms with Crippen LogP contribution < -0.4 is 19.5 Å². The molecule has 30 heavy (non-hydrogen) atoms. The maximum Gasteiger partial charge on any atom is 0.262 e. The van der Waals surface area contributed by atoms with E-state index in [1.165, 1.54) is 7.11 Å². The van der Waals surface area contributed by atoms with Crippen molar-refractivity contribution in [2.75, 3.05) is 26.1 Å². The number of benzene rings is 2. The zero-order valence-corrected chi connectivity index (χ0v) is 17.2. The highest BCUT2D eigenvalue weighted by Gasteiger charge is 2.09. The number of carbonyl (C=O) groups excluding carboxylic acids is 1. The minimum atomic E-state index is -0.286. The number of aryl methyl sites for hydroxylation is 2. The topological polar surface area (TPSA) is 99.9 Å². The second kappa shape index (κ2) is 9.55. The van der Waals surface area contributed by atoms with Gasteiger partial charge in [-0.2, -0.15) is 5.10 Å².